The number of fused-ring (bicyclic) bond motifs is 1. The smallest absolute Gasteiger partial charge is 0.255 e. The first-order chi connectivity index (χ1) is 13.5. The van der Waals surface area contributed by atoms with Crippen LogP contribution in [0.1, 0.15) is 84.2 Å². The monoisotopic (exact) mass is 387 g/mol. The number of nitrogens with zero attached hydrogens (tertiary/aromatic N) is 2. The number of primary amides is 1. The summed E-state index contributed by atoms with van der Waals surface area (Å²) in [6, 6.07) is 2.36. The van der Waals surface area contributed by atoms with E-state index in [1.807, 2.05) is 11.8 Å². The molecule has 1 saturated heterocycles. The highest BCUT2D eigenvalue weighted by Gasteiger charge is 2.42. The quantitative estimate of drug-likeness (QED) is 0.860. The van der Waals surface area contributed by atoms with Gasteiger partial charge in [-0.25, -0.2) is 4.39 Å². The Balaban J connectivity index is 1.45. The van der Waals surface area contributed by atoms with Crippen molar-refractivity contribution in [3.63, 3.8) is 0 Å². The van der Waals surface area contributed by atoms with Crippen LogP contribution in [-0.4, -0.2) is 47.3 Å². The molecule has 1 aromatic carbocycles. The van der Waals surface area contributed by atoms with Gasteiger partial charge in [0.15, 0.2) is 0 Å². The van der Waals surface area contributed by atoms with E-state index in [4.69, 9.17) is 5.73 Å². The van der Waals surface area contributed by atoms with Gasteiger partial charge in [-0.3, -0.25) is 9.59 Å². The lowest BCUT2D eigenvalue weighted by Crippen LogP contribution is -2.47. The second-order valence-corrected chi connectivity index (χ2v) is 8.71. The predicted molar refractivity (Wildman–Crippen MR) is 106 cm³/mol. The molecule has 1 aromatic rings. The van der Waals surface area contributed by atoms with Gasteiger partial charge in [-0.2, -0.15) is 0 Å². The fourth-order valence-electron chi connectivity index (χ4n) is 5.44. The number of hydrogen-bond donors (Lipinski definition) is 1. The molecule has 0 radical (unpaired) electrons. The van der Waals surface area contributed by atoms with Crippen molar-refractivity contribution >= 4 is 11.8 Å². The van der Waals surface area contributed by atoms with E-state index in [0.29, 0.717) is 11.1 Å². The fourth-order valence-corrected chi connectivity index (χ4v) is 5.44. The van der Waals surface area contributed by atoms with Crippen LogP contribution in [0.4, 0.5) is 4.39 Å². The molecule has 1 atom stereocenters. The lowest BCUT2D eigenvalue weighted by atomic mass is 9.88. The van der Waals surface area contributed by atoms with Gasteiger partial charge in [-0.15, -0.1) is 0 Å². The van der Waals surface area contributed by atoms with Crippen molar-refractivity contribution in [1.82, 2.24) is 9.80 Å². The lowest BCUT2D eigenvalue weighted by Gasteiger charge is -2.40. The Morgan fingerprint density at radius 1 is 1.14 bits per heavy atom. The van der Waals surface area contributed by atoms with E-state index in [9.17, 15) is 14.0 Å². The molecule has 2 aliphatic heterocycles. The first kappa shape index (κ1) is 19.4. The van der Waals surface area contributed by atoms with Gasteiger partial charge < -0.3 is 15.5 Å². The zero-order valence-electron chi connectivity index (χ0n) is 16.6. The largest absolute Gasteiger partial charge is 0.366 e. The third-order valence-corrected chi connectivity index (χ3v) is 6.91. The van der Waals surface area contributed by atoms with Gasteiger partial charge in [-0.1, -0.05) is 19.3 Å². The summed E-state index contributed by atoms with van der Waals surface area (Å²) < 4.78 is 14.0. The molecule has 2 heterocycles. The summed E-state index contributed by atoms with van der Waals surface area (Å²) in [4.78, 5) is 29.3. The second kappa shape index (κ2) is 7.82. The van der Waals surface area contributed by atoms with E-state index in [2.05, 4.69) is 4.90 Å². The Hall–Kier alpha value is -1.95. The van der Waals surface area contributed by atoms with Crippen molar-refractivity contribution in [2.24, 2.45) is 11.7 Å². The van der Waals surface area contributed by atoms with Gasteiger partial charge >= 0.3 is 0 Å². The van der Waals surface area contributed by atoms with Crippen LogP contribution >= 0.6 is 0 Å². The van der Waals surface area contributed by atoms with E-state index in [0.717, 1.165) is 37.9 Å². The van der Waals surface area contributed by atoms with Crippen molar-refractivity contribution in [2.75, 3.05) is 19.6 Å². The summed E-state index contributed by atoms with van der Waals surface area (Å²) in [6.45, 7) is 5.08. The number of nitrogens with two attached hydrogens (primary N) is 1. The minimum absolute atomic E-state index is 0.00378. The highest BCUT2D eigenvalue weighted by atomic mass is 19.1. The molecule has 2 N–H and O–H groups in total. The number of likely N-dealkylation sites (tertiary alicyclic amines) is 1. The molecule has 152 valence electrons. The maximum Gasteiger partial charge on any atom is 0.255 e. The van der Waals surface area contributed by atoms with Crippen LogP contribution in [0, 0.1) is 11.7 Å². The average molecular weight is 387 g/mol. The van der Waals surface area contributed by atoms with Gasteiger partial charge in [0.2, 0.25) is 5.91 Å². The Morgan fingerprint density at radius 3 is 2.46 bits per heavy atom. The summed E-state index contributed by atoms with van der Waals surface area (Å²) >= 11 is 0. The highest BCUT2D eigenvalue weighted by Crippen LogP contribution is 2.39. The van der Waals surface area contributed by atoms with Gasteiger partial charge in [0.25, 0.3) is 5.91 Å². The topological polar surface area (TPSA) is 66.6 Å². The van der Waals surface area contributed by atoms with Crippen LogP contribution in [0.5, 0.6) is 0 Å². The van der Waals surface area contributed by atoms with Crippen molar-refractivity contribution in [3.05, 3.63) is 34.6 Å². The van der Waals surface area contributed by atoms with E-state index >= 15 is 0 Å². The van der Waals surface area contributed by atoms with Gasteiger partial charge in [-0.05, 0) is 56.2 Å². The predicted octanol–water partition coefficient (Wildman–Crippen LogP) is 3.49. The Labute approximate surface area is 166 Å². The van der Waals surface area contributed by atoms with Crippen molar-refractivity contribution in [3.8, 4) is 0 Å². The summed E-state index contributed by atoms with van der Waals surface area (Å²) in [5, 5.41) is 0. The summed E-state index contributed by atoms with van der Waals surface area (Å²) in [5.74, 6) is -0.623. The molecule has 0 aromatic heterocycles. The van der Waals surface area contributed by atoms with Gasteiger partial charge in [0, 0.05) is 25.7 Å². The summed E-state index contributed by atoms with van der Waals surface area (Å²) in [6.07, 6.45) is 8.63. The zero-order chi connectivity index (χ0) is 19.8. The number of halogens is 1. The van der Waals surface area contributed by atoms with Gasteiger partial charge in [0.1, 0.15) is 5.82 Å². The first-order valence-electron chi connectivity index (χ1n) is 10.6. The summed E-state index contributed by atoms with van der Waals surface area (Å²) in [5.41, 5.74) is 6.30. The Morgan fingerprint density at radius 2 is 1.82 bits per heavy atom. The van der Waals surface area contributed by atoms with Crippen LogP contribution in [0.3, 0.4) is 0 Å². The molecule has 1 saturated carbocycles. The van der Waals surface area contributed by atoms with E-state index in [1.54, 1.807) is 0 Å². The van der Waals surface area contributed by atoms with E-state index in [-0.39, 0.29) is 23.6 Å². The molecule has 0 spiro atoms. The van der Waals surface area contributed by atoms with E-state index in [1.165, 1.54) is 44.7 Å². The zero-order valence-corrected chi connectivity index (χ0v) is 16.6. The molecule has 1 unspecified atom stereocenters. The number of hydrogen-bond acceptors (Lipinski definition) is 3. The Bertz CT molecular complexity index is 767. The third kappa shape index (κ3) is 3.54. The number of carbonyl (C=O) groups excluding carboxylic acids is 2. The fraction of sp³-hybridized carbons (Fsp3) is 0.636. The Kier molecular flexibility index (Phi) is 5.41. The molecule has 3 aliphatic rings. The molecule has 5 nitrogen and oxygen atoms in total. The molecule has 28 heavy (non-hydrogen) atoms. The normalized spacial score (nSPS) is 24.6. The number of rotatable bonds is 4. The van der Waals surface area contributed by atoms with Crippen LogP contribution in [0.2, 0.25) is 0 Å². The van der Waals surface area contributed by atoms with E-state index < -0.39 is 11.7 Å². The van der Waals surface area contributed by atoms with Crippen LogP contribution in [0.25, 0.3) is 0 Å². The van der Waals surface area contributed by atoms with Crippen LogP contribution < -0.4 is 5.73 Å². The number of amides is 2. The summed E-state index contributed by atoms with van der Waals surface area (Å²) in [7, 11) is 0. The number of benzene rings is 1. The maximum absolute atomic E-state index is 14.0. The molecule has 6 heteroatoms. The minimum Gasteiger partial charge on any atom is -0.366 e. The van der Waals surface area contributed by atoms with Crippen molar-refractivity contribution in [1.29, 1.82) is 0 Å². The molecule has 4 rings (SSSR count). The first-order valence-corrected chi connectivity index (χ1v) is 10.6. The maximum atomic E-state index is 14.0. The molecule has 2 amide bonds. The van der Waals surface area contributed by atoms with Crippen molar-refractivity contribution < 1.29 is 14.0 Å². The van der Waals surface area contributed by atoms with Crippen molar-refractivity contribution in [2.45, 2.75) is 64.0 Å². The standard InChI is InChI=1S/C22H30FN3O2/c1-14-18-11-16(23)12-19(21(24)27)20(18)22(28)26(14)17-7-9-25(10-8-17)13-15-5-3-2-4-6-15/h11-12,14-15,17H,2-10,13H2,1H3,(H2,24,27). The molecular formula is C22H30FN3O2. The lowest BCUT2D eigenvalue weighted by molar-refractivity contribution is 0.0493. The molecule has 2 fully saturated rings. The minimum atomic E-state index is -0.750. The second-order valence-electron chi connectivity index (χ2n) is 8.71. The van der Waals surface area contributed by atoms with Crippen LogP contribution in [-0.2, 0) is 0 Å². The van der Waals surface area contributed by atoms with Crippen LogP contribution in [0.15, 0.2) is 12.1 Å². The number of piperidine rings is 1. The molecular weight excluding hydrogens is 357 g/mol. The van der Waals surface area contributed by atoms with Gasteiger partial charge in [0.05, 0.1) is 17.2 Å². The highest BCUT2D eigenvalue weighted by molar-refractivity contribution is 6.09. The SMILES string of the molecule is CC1c2cc(F)cc(C(N)=O)c2C(=O)N1C1CCN(CC2CCCCC2)CC1. The average Bonchev–Trinajstić information content (AvgIpc) is 2.93. The molecule has 0 bridgehead atoms. The third-order valence-electron chi connectivity index (χ3n) is 6.91. The number of carbonyl (C=O) groups is 2. The molecule has 1 aliphatic carbocycles.